The summed E-state index contributed by atoms with van der Waals surface area (Å²) in [6.07, 6.45) is 1.76. The van der Waals surface area contributed by atoms with Crippen LogP contribution < -0.4 is 0 Å². The van der Waals surface area contributed by atoms with Crippen LogP contribution in [0.5, 0.6) is 0 Å². The molecular weight excluding hydrogens is 228 g/mol. The summed E-state index contributed by atoms with van der Waals surface area (Å²) in [5.74, 6) is -1.36. The van der Waals surface area contributed by atoms with E-state index in [4.69, 9.17) is 0 Å². The normalized spacial score (nSPS) is 14.5. The summed E-state index contributed by atoms with van der Waals surface area (Å²) in [5.41, 5.74) is 1.45. The molecule has 1 aliphatic carbocycles. The third-order valence-corrected chi connectivity index (χ3v) is 2.92. The van der Waals surface area contributed by atoms with Gasteiger partial charge in [0.1, 0.15) is 0 Å². The van der Waals surface area contributed by atoms with Crippen LogP contribution in [0.4, 0.5) is 0 Å². The molecule has 0 aliphatic heterocycles. The van der Waals surface area contributed by atoms with Crippen LogP contribution in [-0.4, -0.2) is 17.3 Å². The smallest absolute Gasteiger partial charge is 0.233 e. The largest absolute Gasteiger partial charge is 0.294 e. The van der Waals surface area contributed by atoms with E-state index in [-0.39, 0.29) is 17.8 Å². The predicted octanol–water partition coefficient (Wildman–Crippen LogP) is 2.37. The zero-order valence-corrected chi connectivity index (χ0v) is 10.0. The quantitative estimate of drug-likeness (QED) is 0.602. The van der Waals surface area contributed by atoms with Crippen LogP contribution in [0.25, 0.3) is 5.57 Å². The van der Waals surface area contributed by atoms with Gasteiger partial charge in [-0.15, -0.1) is 6.58 Å². The van der Waals surface area contributed by atoms with E-state index in [9.17, 15) is 14.4 Å². The Labute approximate surface area is 105 Å². The van der Waals surface area contributed by atoms with Crippen molar-refractivity contribution in [2.75, 3.05) is 0 Å². The van der Waals surface area contributed by atoms with Gasteiger partial charge in [-0.05, 0) is 18.9 Å². The lowest BCUT2D eigenvalue weighted by Crippen LogP contribution is -2.25. The minimum absolute atomic E-state index is 0.208. The lowest BCUT2D eigenvalue weighted by atomic mass is 9.81. The molecule has 3 heteroatoms. The highest BCUT2D eigenvalue weighted by Crippen LogP contribution is 2.31. The SMILES string of the molecule is C=CCC1=C(C(C)=O)c2ccccc2C(=O)C1=O. The van der Waals surface area contributed by atoms with Crippen LogP contribution in [0.15, 0.2) is 42.5 Å². The van der Waals surface area contributed by atoms with Gasteiger partial charge in [0.25, 0.3) is 0 Å². The van der Waals surface area contributed by atoms with Crippen LogP contribution in [-0.2, 0) is 9.59 Å². The number of allylic oxidation sites excluding steroid dienone is 3. The number of rotatable bonds is 3. The molecule has 0 spiro atoms. The zero-order chi connectivity index (χ0) is 13.3. The van der Waals surface area contributed by atoms with Crippen molar-refractivity contribution in [3.05, 3.63) is 53.6 Å². The maximum atomic E-state index is 12.0. The standard InChI is InChI=1S/C15H12O3/c1-3-6-12-13(9(2)16)10-7-4-5-8-11(10)14(17)15(12)18/h3-5,7-8H,1,6H2,2H3. The Bertz CT molecular complexity index is 606. The van der Waals surface area contributed by atoms with Gasteiger partial charge in [-0.25, -0.2) is 0 Å². The van der Waals surface area contributed by atoms with Gasteiger partial charge in [0.05, 0.1) is 0 Å². The molecular formula is C15H12O3. The van der Waals surface area contributed by atoms with Crippen molar-refractivity contribution in [2.45, 2.75) is 13.3 Å². The number of hydrogen-bond donors (Lipinski definition) is 0. The fourth-order valence-electron chi connectivity index (χ4n) is 2.18. The van der Waals surface area contributed by atoms with Gasteiger partial charge in [-0.2, -0.15) is 0 Å². The Morgan fingerprint density at radius 3 is 2.33 bits per heavy atom. The number of carbonyl (C=O) groups excluding carboxylic acids is 3. The third-order valence-electron chi connectivity index (χ3n) is 2.92. The molecule has 0 heterocycles. The van der Waals surface area contributed by atoms with Crippen molar-refractivity contribution in [3.8, 4) is 0 Å². The van der Waals surface area contributed by atoms with Crippen LogP contribution >= 0.6 is 0 Å². The van der Waals surface area contributed by atoms with E-state index in [2.05, 4.69) is 6.58 Å². The van der Waals surface area contributed by atoms with Crippen LogP contribution in [0.2, 0.25) is 0 Å². The molecule has 0 saturated heterocycles. The van der Waals surface area contributed by atoms with E-state index in [0.29, 0.717) is 16.7 Å². The number of Topliss-reactive ketones (excluding diaryl/α,β-unsaturated/α-hetero) is 3. The predicted molar refractivity (Wildman–Crippen MR) is 68.2 cm³/mol. The molecule has 0 amide bonds. The van der Waals surface area contributed by atoms with E-state index in [0.717, 1.165) is 0 Å². The van der Waals surface area contributed by atoms with Gasteiger partial charge in [0.15, 0.2) is 5.78 Å². The molecule has 0 aromatic heterocycles. The molecule has 0 fully saturated rings. The zero-order valence-electron chi connectivity index (χ0n) is 10.0. The lowest BCUT2D eigenvalue weighted by molar-refractivity contribution is -0.114. The fraction of sp³-hybridized carbons (Fsp3) is 0.133. The lowest BCUT2D eigenvalue weighted by Gasteiger charge is -2.19. The summed E-state index contributed by atoms with van der Waals surface area (Å²) in [4.78, 5) is 35.7. The molecule has 1 aliphatic rings. The van der Waals surface area contributed by atoms with Gasteiger partial charge >= 0.3 is 0 Å². The molecule has 90 valence electrons. The van der Waals surface area contributed by atoms with E-state index in [1.165, 1.54) is 13.0 Å². The molecule has 1 aromatic carbocycles. The number of hydrogen-bond acceptors (Lipinski definition) is 3. The first-order valence-corrected chi connectivity index (χ1v) is 5.61. The summed E-state index contributed by atoms with van der Waals surface area (Å²) < 4.78 is 0. The van der Waals surface area contributed by atoms with Crippen molar-refractivity contribution in [3.63, 3.8) is 0 Å². The van der Waals surface area contributed by atoms with Gasteiger partial charge in [0, 0.05) is 16.7 Å². The molecule has 1 aromatic rings. The molecule has 0 atom stereocenters. The van der Waals surface area contributed by atoms with Crippen molar-refractivity contribution < 1.29 is 14.4 Å². The summed E-state index contributed by atoms with van der Waals surface area (Å²) in [6, 6.07) is 6.69. The van der Waals surface area contributed by atoms with Crippen molar-refractivity contribution in [2.24, 2.45) is 0 Å². The second-order valence-corrected chi connectivity index (χ2v) is 4.11. The van der Waals surface area contributed by atoms with Crippen LogP contribution in [0, 0.1) is 0 Å². The van der Waals surface area contributed by atoms with E-state index in [1.807, 2.05) is 0 Å². The Balaban J connectivity index is 2.79. The van der Waals surface area contributed by atoms with Crippen molar-refractivity contribution >= 4 is 22.9 Å². The molecule has 2 rings (SSSR count). The highest BCUT2D eigenvalue weighted by molar-refractivity contribution is 6.55. The highest BCUT2D eigenvalue weighted by atomic mass is 16.2. The number of fused-ring (bicyclic) bond motifs is 1. The van der Waals surface area contributed by atoms with Gasteiger partial charge in [-0.1, -0.05) is 30.3 Å². The first-order valence-electron chi connectivity index (χ1n) is 5.61. The molecule has 0 unspecified atom stereocenters. The second kappa shape index (κ2) is 4.53. The van der Waals surface area contributed by atoms with Gasteiger partial charge in [-0.3, -0.25) is 14.4 Å². The van der Waals surface area contributed by atoms with Crippen LogP contribution in [0.1, 0.15) is 29.3 Å². The fourth-order valence-corrected chi connectivity index (χ4v) is 2.18. The molecule has 0 saturated carbocycles. The first-order chi connectivity index (χ1) is 8.57. The summed E-state index contributed by atoms with van der Waals surface area (Å²) in [6.45, 7) is 4.96. The van der Waals surface area contributed by atoms with E-state index in [1.54, 1.807) is 24.3 Å². The van der Waals surface area contributed by atoms with Crippen molar-refractivity contribution in [1.29, 1.82) is 0 Å². The monoisotopic (exact) mass is 240 g/mol. The average Bonchev–Trinajstić information content (AvgIpc) is 2.35. The number of carbonyl (C=O) groups is 3. The molecule has 0 radical (unpaired) electrons. The minimum Gasteiger partial charge on any atom is -0.294 e. The summed E-state index contributed by atoms with van der Waals surface area (Å²) in [5, 5.41) is 0. The molecule has 0 bridgehead atoms. The highest BCUT2D eigenvalue weighted by Gasteiger charge is 2.33. The number of ketones is 3. The van der Waals surface area contributed by atoms with Crippen molar-refractivity contribution in [1.82, 2.24) is 0 Å². The molecule has 0 N–H and O–H groups in total. The summed E-state index contributed by atoms with van der Waals surface area (Å²) >= 11 is 0. The van der Waals surface area contributed by atoms with Gasteiger partial charge < -0.3 is 0 Å². The number of benzene rings is 1. The topological polar surface area (TPSA) is 51.2 Å². The summed E-state index contributed by atoms with van der Waals surface area (Å²) in [7, 11) is 0. The van der Waals surface area contributed by atoms with Crippen LogP contribution in [0.3, 0.4) is 0 Å². The van der Waals surface area contributed by atoms with Gasteiger partial charge in [0.2, 0.25) is 11.6 Å². The Morgan fingerprint density at radius 1 is 1.17 bits per heavy atom. The van der Waals surface area contributed by atoms with E-state index >= 15 is 0 Å². The molecule has 18 heavy (non-hydrogen) atoms. The maximum absolute atomic E-state index is 12.0. The minimum atomic E-state index is -0.598. The molecule has 3 nitrogen and oxygen atoms in total. The maximum Gasteiger partial charge on any atom is 0.233 e. The Kier molecular flexibility index (Phi) is 3.06. The van der Waals surface area contributed by atoms with E-state index < -0.39 is 11.6 Å². The average molecular weight is 240 g/mol. The Hall–Kier alpha value is -2.29. The first kappa shape index (κ1) is 12.2. The third kappa shape index (κ3) is 1.74. The second-order valence-electron chi connectivity index (χ2n) is 4.11. The Morgan fingerprint density at radius 2 is 1.78 bits per heavy atom.